The first kappa shape index (κ1) is 22.8. The summed E-state index contributed by atoms with van der Waals surface area (Å²) in [5.41, 5.74) is 4.45. The fourth-order valence-electron chi connectivity index (χ4n) is 4.25. The van der Waals surface area contributed by atoms with Gasteiger partial charge in [-0.1, -0.05) is 18.2 Å². The Morgan fingerprint density at radius 2 is 1.97 bits per heavy atom. The molecule has 0 unspecified atom stereocenters. The second kappa shape index (κ2) is 9.62. The first-order chi connectivity index (χ1) is 15.9. The van der Waals surface area contributed by atoms with Gasteiger partial charge in [0.05, 0.1) is 7.11 Å². The summed E-state index contributed by atoms with van der Waals surface area (Å²) < 4.78 is 7.17. The Kier molecular flexibility index (Phi) is 6.65. The fourth-order valence-corrected chi connectivity index (χ4v) is 4.25. The molecule has 8 nitrogen and oxygen atoms in total. The highest BCUT2D eigenvalue weighted by atomic mass is 16.5. The molecule has 0 aliphatic carbocycles. The van der Waals surface area contributed by atoms with E-state index in [2.05, 4.69) is 16.4 Å². The average molecular weight is 450 g/mol. The Balaban J connectivity index is 1.36. The monoisotopic (exact) mass is 449 g/mol. The highest BCUT2D eigenvalue weighted by molar-refractivity contribution is 5.93. The first-order valence-electron chi connectivity index (χ1n) is 11.2. The van der Waals surface area contributed by atoms with Crippen molar-refractivity contribution in [3.05, 3.63) is 65.1 Å². The Morgan fingerprint density at radius 1 is 1.15 bits per heavy atom. The zero-order valence-electron chi connectivity index (χ0n) is 19.7. The number of fused-ring (bicyclic) bond motifs is 1. The number of methoxy groups -OCH3 is 1. The molecule has 3 aromatic rings. The van der Waals surface area contributed by atoms with Crippen molar-refractivity contribution in [2.75, 3.05) is 40.3 Å². The maximum atomic E-state index is 13.1. The summed E-state index contributed by atoms with van der Waals surface area (Å²) in [5, 5.41) is 3.04. The molecule has 1 atom stereocenters. The third-order valence-corrected chi connectivity index (χ3v) is 6.23. The Bertz CT molecular complexity index is 1170. The van der Waals surface area contributed by atoms with E-state index in [4.69, 9.17) is 4.74 Å². The van der Waals surface area contributed by atoms with E-state index in [1.54, 1.807) is 18.2 Å². The van der Waals surface area contributed by atoms with Gasteiger partial charge in [0.25, 0.3) is 5.91 Å². The predicted molar refractivity (Wildman–Crippen MR) is 127 cm³/mol. The number of carbonyl (C=O) groups is 2. The maximum absolute atomic E-state index is 13.1. The van der Waals surface area contributed by atoms with Crippen molar-refractivity contribution in [3.8, 4) is 5.75 Å². The summed E-state index contributed by atoms with van der Waals surface area (Å²) in [5.74, 6) is 0.652. The van der Waals surface area contributed by atoms with E-state index >= 15 is 0 Å². The molecule has 0 spiro atoms. The van der Waals surface area contributed by atoms with Crippen LogP contribution in [0.15, 0.2) is 42.7 Å². The van der Waals surface area contributed by atoms with Gasteiger partial charge in [0.15, 0.2) is 0 Å². The standard InChI is InChI=1S/C25H31N5O3/c1-17-5-8-23-27-20(15-30(23)14-17)25(32)29-12-11-28(3)21(16-29)24(31)26-10-9-19-6-7-22(33-4)18(2)13-19/h5-8,13-15,21H,9-12,16H2,1-4H3,(H,26,31)/t21-/m1/s1. The van der Waals surface area contributed by atoms with Gasteiger partial charge in [-0.05, 0) is 56.1 Å². The summed E-state index contributed by atoms with van der Waals surface area (Å²) in [6, 6.07) is 9.53. The van der Waals surface area contributed by atoms with Crippen LogP contribution in [0.25, 0.3) is 5.65 Å². The van der Waals surface area contributed by atoms with Gasteiger partial charge in [0.2, 0.25) is 5.91 Å². The van der Waals surface area contributed by atoms with E-state index in [1.165, 1.54) is 0 Å². The van der Waals surface area contributed by atoms with E-state index in [1.807, 2.05) is 60.7 Å². The number of piperazine rings is 1. The van der Waals surface area contributed by atoms with Gasteiger partial charge in [0.1, 0.15) is 23.1 Å². The summed E-state index contributed by atoms with van der Waals surface area (Å²) >= 11 is 0. The molecule has 4 rings (SSSR count). The SMILES string of the molecule is COc1ccc(CCNC(=O)[C@H]2CN(C(=O)c3cn4cc(C)ccc4n3)CCN2C)cc1C. The molecule has 1 aliphatic rings. The van der Waals surface area contributed by atoms with Crippen molar-refractivity contribution in [3.63, 3.8) is 0 Å². The van der Waals surface area contributed by atoms with E-state index < -0.39 is 0 Å². The highest BCUT2D eigenvalue weighted by Gasteiger charge is 2.33. The van der Waals surface area contributed by atoms with Crippen molar-refractivity contribution >= 4 is 17.5 Å². The number of carbonyl (C=O) groups excluding carboxylic acids is 2. The Labute approximate surface area is 194 Å². The van der Waals surface area contributed by atoms with Crippen LogP contribution in [-0.2, 0) is 11.2 Å². The van der Waals surface area contributed by atoms with E-state index in [9.17, 15) is 9.59 Å². The fraction of sp³-hybridized carbons (Fsp3) is 0.400. The molecule has 2 amide bonds. The third kappa shape index (κ3) is 5.01. The van der Waals surface area contributed by atoms with E-state index in [-0.39, 0.29) is 17.9 Å². The molecule has 1 aromatic carbocycles. The molecule has 33 heavy (non-hydrogen) atoms. The van der Waals surface area contributed by atoms with Crippen LogP contribution in [-0.4, -0.2) is 77.4 Å². The highest BCUT2D eigenvalue weighted by Crippen LogP contribution is 2.19. The van der Waals surface area contributed by atoms with Crippen LogP contribution < -0.4 is 10.1 Å². The number of benzene rings is 1. The van der Waals surface area contributed by atoms with Gasteiger partial charge in [-0.25, -0.2) is 4.98 Å². The lowest BCUT2D eigenvalue weighted by molar-refractivity contribution is -0.127. The number of aromatic nitrogens is 2. The normalized spacial score (nSPS) is 16.7. The second-order valence-electron chi connectivity index (χ2n) is 8.69. The maximum Gasteiger partial charge on any atom is 0.274 e. The zero-order valence-corrected chi connectivity index (χ0v) is 19.7. The van der Waals surface area contributed by atoms with Crippen molar-refractivity contribution in [2.24, 2.45) is 0 Å². The third-order valence-electron chi connectivity index (χ3n) is 6.23. The lowest BCUT2D eigenvalue weighted by atomic mass is 10.1. The molecule has 8 heteroatoms. The first-order valence-corrected chi connectivity index (χ1v) is 11.2. The molecule has 174 valence electrons. The minimum atomic E-state index is -0.389. The van der Waals surface area contributed by atoms with Crippen LogP contribution in [0.4, 0.5) is 0 Å². The second-order valence-corrected chi connectivity index (χ2v) is 8.69. The molecular weight excluding hydrogens is 418 g/mol. The van der Waals surface area contributed by atoms with Gasteiger partial charge in [-0.2, -0.15) is 0 Å². The van der Waals surface area contributed by atoms with Crippen LogP contribution in [0.1, 0.15) is 27.2 Å². The number of ether oxygens (including phenoxy) is 1. The zero-order chi connectivity index (χ0) is 23.5. The molecule has 0 bridgehead atoms. The average Bonchev–Trinajstić information content (AvgIpc) is 3.22. The molecular formula is C25H31N5O3. The molecule has 0 radical (unpaired) electrons. The van der Waals surface area contributed by atoms with E-state index in [0.29, 0.717) is 31.9 Å². The van der Waals surface area contributed by atoms with Crippen molar-refractivity contribution in [1.82, 2.24) is 24.5 Å². The molecule has 1 aliphatic heterocycles. The van der Waals surface area contributed by atoms with Crippen LogP contribution in [0.2, 0.25) is 0 Å². The number of likely N-dealkylation sites (N-methyl/N-ethyl adjacent to an activating group) is 1. The van der Waals surface area contributed by atoms with Crippen molar-refractivity contribution < 1.29 is 14.3 Å². The predicted octanol–water partition coefficient (Wildman–Crippen LogP) is 2.07. The van der Waals surface area contributed by atoms with Crippen LogP contribution in [0, 0.1) is 13.8 Å². The summed E-state index contributed by atoms with van der Waals surface area (Å²) in [6.45, 7) is 6.09. The number of imidazole rings is 1. The summed E-state index contributed by atoms with van der Waals surface area (Å²) in [6.07, 6.45) is 4.44. The van der Waals surface area contributed by atoms with Gasteiger partial charge in [-0.3, -0.25) is 14.5 Å². The number of hydrogen-bond donors (Lipinski definition) is 1. The minimum Gasteiger partial charge on any atom is -0.496 e. The largest absolute Gasteiger partial charge is 0.496 e. The van der Waals surface area contributed by atoms with Crippen LogP contribution in [0.3, 0.4) is 0 Å². The minimum absolute atomic E-state index is 0.0640. The molecule has 1 saturated heterocycles. The molecule has 3 heterocycles. The lowest BCUT2D eigenvalue weighted by Gasteiger charge is -2.38. The quantitative estimate of drug-likeness (QED) is 0.623. The summed E-state index contributed by atoms with van der Waals surface area (Å²) in [7, 11) is 3.58. The van der Waals surface area contributed by atoms with Gasteiger partial charge < -0.3 is 19.4 Å². The number of amides is 2. The summed E-state index contributed by atoms with van der Waals surface area (Å²) in [4.78, 5) is 34.2. The van der Waals surface area contributed by atoms with Crippen LogP contribution >= 0.6 is 0 Å². The topological polar surface area (TPSA) is 79.2 Å². The van der Waals surface area contributed by atoms with Crippen molar-refractivity contribution in [1.29, 1.82) is 0 Å². The van der Waals surface area contributed by atoms with Gasteiger partial charge >= 0.3 is 0 Å². The van der Waals surface area contributed by atoms with Gasteiger partial charge in [0, 0.05) is 38.6 Å². The number of pyridine rings is 1. The number of aryl methyl sites for hydroxylation is 2. The van der Waals surface area contributed by atoms with Gasteiger partial charge in [-0.15, -0.1) is 0 Å². The Morgan fingerprint density at radius 3 is 2.73 bits per heavy atom. The number of nitrogens with one attached hydrogen (secondary N) is 1. The number of nitrogens with zero attached hydrogens (tertiary/aromatic N) is 4. The lowest BCUT2D eigenvalue weighted by Crippen LogP contribution is -2.58. The van der Waals surface area contributed by atoms with Crippen LogP contribution in [0.5, 0.6) is 5.75 Å². The molecule has 1 N–H and O–H groups in total. The van der Waals surface area contributed by atoms with Crippen molar-refractivity contribution in [2.45, 2.75) is 26.3 Å². The number of rotatable bonds is 6. The van der Waals surface area contributed by atoms with E-state index in [0.717, 1.165) is 34.5 Å². The number of hydrogen-bond acceptors (Lipinski definition) is 5. The molecule has 1 fully saturated rings. The molecule has 2 aromatic heterocycles. The molecule has 0 saturated carbocycles. The Hall–Kier alpha value is -3.39. The smallest absolute Gasteiger partial charge is 0.274 e.